The van der Waals surface area contributed by atoms with Crippen LogP contribution in [0.2, 0.25) is 18.6 Å². The summed E-state index contributed by atoms with van der Waals surface area (Å²) in [6.45, 7) is 8.55. The van der Waals surface area contributed by atoms with Crippen molar-refractivity contribution >= 4 is 49.0 Å². The van der Waals surface area contributed by atoms with Crippen molar-refractivity contribution in [3.8, 4) is 0 Å². The van der Waals surface area contributed by atoms with Gasteiger partial charge in [-0.3, -0.25) is 19.2 Å². The highest BCUT2D eigenvalue weighted by atomic mass is 28.4. The second kappa shape index (κ2) is 13.7. The van der Waals surface area contributed by atoms with Crippen molar-refractivity contribution in [2.24, 2.45) is 5.92 Å². The number of fused-ring (bicyclic) bond motifs is 2. The van der Waals surface area contributed by atoms with Gasteiger partial charge in [-0.1, -0.05) is 19.1 Å². The Hall–Kier alpha value is -3.66. The lowest BCUT2D eigenvalue weighted by Crippen LogP contribution is -2.46. The largest absolute Gasteiger partial charge is 0.432 e. The maximum Gasteiger partial charge on any atom is 0.264 e. The number of hydrogen-bond donors (Lipinski definition) is 6. The molecule has 5 rings (SSSR count). The number of anilines is 3. The maximum atomic E-state index is 14.8. The number of nitrogens with zero attached hydrogens (tertiary/aromatic N) is 2. The van der Waals surface area contributed by atoms with E-state index in [1.54, 1.807) is 65.4 Å². The third kappa shape index (κ3) is 6.65. The SMILES string of the molecule is C[C@H](O)C(=O)Nc1cccc(CN2C(=O)[C@]3(O[C@H](CC(=O)N4CCC[C@H]4CO)[C@@H]([Si](C)(C)O)[C@@H]3C)c3cc(NC(=O)[C@H](C)O)ccc32)c1. The van der Waals surface area contributed by atoms with Gasteiger partial charge in [0.25, 0.3) is 17.7 Å². The Morgan fingerprint density at radius 3 is 2.29 bits per heavy atom. The minimum atomic E-state index is -3.09. The summed E-state index contributed by atoms with van der Waals surface area (Å²) in [4.78, 5) is 67.9. The highest BCUT2D eigenvalue weighted by molar-refractivity contribution is 6.71. The molecule has 1 spiro atoms. The molecular formula is C34H46N4O9Si. The minimum Gasteiger partial charge on any atom is -0.432 e. The molecule has 0 saturated carbocycles. The molecule has 0 unspecified atom stereocenters. The van der Waals surface area contributed by atoms with Crippen molar-refractivity contribution in [1.29, 1.82) is 0 Å². The standard InChI is InChI=1S/C34H46N4O9Si/c1-19-30(48(4,5)46)28(16-29(42)37-13-7-10-25(37)18-39)47-34(19)26-15-24(36-32(44)21(3)41)11-12-27(26)38(33(34)45)17-22-8-6-9-23(14-22)35-31(43)20(2)40/h6,8-9,11-12,14-15,19-21,25,28,30,39-41,46H,7,10,13,16-18H2,1-5H3,(H,35,43)(H,36,44)/t19-,20-,21-,25-,28+,30-,34+/m0/s1. The molecule has 0 bridgehead atoms. The zero-order valence-corrected chi connectivity index (χ0v) is 29.0. The first-order chi connectivity index (χ1) is 22.6. The van der Waals surface area contributed by atoms with E-state index >= 15 is 0 Å². The average Bonchev–Trinajstić information content (AvgIpc) is 3.67. The van der Waals surface area contributed by atoms with Crippen LogP contribution in [-0.2, 0) is 36.1 Å². The van der Waals surface area contributed by atoms with E-state index in [-0.39, 0.29) is 31.5 Å². The quantitative estimate of drug-likeness (QED) is 0.204. The summed E-state index contributed by atoms with van der Waals surface area (Å²) in [7, 11) is -3.09. The first kappa shape index (κ1) is 35.6. The Morgan fingerprint density at radius 1 is 1.04 bits per heavy atom. The summed E-state index contributed by atoms with van der Waals surface area (Å²) in [6, 6.07) is 11.6. The van der Waals surface area contributed by atoms with Crippen molar-refractivity contribution in [2.45, 2.75) is 95.2 Å². The number of likely N-dealkylation sites (tertiary alicyclic amines) is 1. The van der Waals surface area contributed by atoms with Crippen molar-refractivity contribution in [3.05, 3.63) is 53.6 Å². The molecule has 13 nitrogen and oxygen atoms in total. The monoisotopic (exact) mass is 682 g/mol. The van der Waals surface area contributed by atoms with Gasteiger partial charge < -0.3 is 45.3 Å². The van der Waals surface area contributed by atoms with Crippen LogP contribution in [0.15, 0.2) is 42.5 Å². The number of hydrogen-bond acceptors (Lipinski definition) is 9. The Kier molecular flexibility index (Phi) is 10.2. The molecule has 14 heteroatoms. The van der Waals surface area contributed by atoms with Gasteiger partial charge in [-0.2, -0.15) is 0 Å². The van der Waals surface area contributed by atoms with E-state index in [4.69, 9.17) is 4.74 Å². The van der Waals surface area contributed by atoms with E-state index in [0.29, 0.717) is 41.2 Å². The Morgan fingerprint density at radius 2 is 1.69 bits per heavy atom. The van der Waals surface area contributed by atoms with Gasteiger partial charge in [0.2, 0.25) is 5.91 Å². The minimum absolute atomic E-state index is 0.0731. The van der Waals surface area contributed by atoms with Gasteiger partial charge in [0.15, 0.2) is 13.9 Å². The normalized spacial score (nSPS) is 26.5. The van der Waals surface area contributed by atoms with Crippen molar-refractivity contribution in [3.63, 3.8) is 0 Å². The highest BCUT2D eigenvalue weighted by Crippen LogP contribution is 2.60. The molecule has 7 atom stereocenters. The van der Waals surface area contributed by atoms with Gasteiger partial charge in [-0.05, 0) is 75.7 Å². The first-order valence-corrected chi connectivity index (χ1v) is 19.4. The van der Waals surface area contributed by atoms with E-state index in [0.717, 1.165) is 6.42 Å². The topological polar surface area (TPSA) is 189 Å². The lowest BCUT2D eigenvalue weighted by molar-refractivity contribution is -0.150. The summed E-state index contributed by atoms with van der Waals surface area (Å²) < 4.78 is 6.80. The van der Waals surface area contributed by atoms with Crippen molar-refractivity contribution in [2.75, 3.05) is 28.7 Å². The number of carbonyl (C=O) groups excluding carboxylic acids is 4. The average molecular weight is 683 g/mol. The van der Waals surface area contributed by atoms with E-state index in [1.807, 2.05) is 6.92 Å². The molecule has 260 valence electrons. The number of aliphatic hydroxyl groups is 3. The van der Waals surface area contributed by atoms with Crippen LogP contribution in [0.1, 0.15) is 51.2 Å². The van der Waals surface area contributed by atoms with Gasteiger partial charge >= 0.3 is 0 Å². The number of amides is 4. The summed E-state index contributed by atoms with van der Waals surface area (Å²) in [5.41, 5.74) is 0.309. The molecule has 3 aliphatic rings. The number of carbonyl (C=O) groups is 4. The molecule has 0 aromatic heterocycles. The number of rotatable bonds is 10. The Labute approximate surface area is 281 Å². The third-order valence-corrected chi connectivity index (χ3v) is 12.3. The van der Waals surface area contributed by atoms with Crippen LogP contribution in [0.4, 0.5) is 17.1 Å². The van der Waals surface area contributed by atoms with E-state index in [1.165, 1.54) is 13.8 Å². The summed E-state index contributed by atoms with van der Waals surface area (Å²) >= 11 is 0. The van der Waals surface area contributed by atoms with E-state index < -0.39 is 61.4 Å². The van der Waals surface area contributed by atoms with Crippen molar-refractivity contribution < 1.29 is 44.0 Å². The number of aliphatic hydroxyl groups excluding tert-OH is 3. The summed E-state index contributed by atoms with van der Waals surface area (Å²) in [6.07, 6.45) is -1.89. The van der Waals surface area contributed by atoms with Gasteiger partial charge in [-0.25, -0.2) is 0 Å². The predicted molar refractivity (Wildman–Crippen MR) is 180 cm³/mol. The first-order valence-electron chi connectivity index (χ1n) is 16.4. The fraction of sp³-hybridized carbons (Fsp3) is 0.529. The molecule has 2 fully saturated rings. The molecule has 6 N–H and O–H groups in total. The number of ether oxygens (including phenoxy) is 1. The smallest absolute Gasteiger partial charge is 0.264 e. The van der Waals surface area contributed by atoms with Crippen LogP contribution in [0, 0.1) is 5.92 Å². The van der Waals surface area contributed by atoms with Gasteiger partial charge in [0, 0.05) is 34.9 Å². The molecule has 2 saturated heterocycles. The molecule has 48 heavy (non-hydrogen) atoms. The molecule has 2 aromatic rings. The third-order valence-electron chi connectivity index (χ3n) is 9.83. The van der Waals surface area contributed by atoms with Gasteiger partial charge in [0.1, 0.15) is 12.2 Å². The molecule has 0 aliphatic carbocycles. The lowest BCUT2D eigenvalue weighted by atomic mass is 9.82. The van der Waals surface area contributed by atoms with Crippen LogP contribution in [0.3, 0.4) is 0 Å². The van der Waals surface area contributed by atoms with E-state index in [9.17, 15) is 39.3 Å². The molecule has 0 radical (unpaired) electrons. The Balaban J connectivity index is 1.56. The van der Waals surface area contributed by atoms with Crippen LogP contribution >= 0.6 is 0 Å². The fourth-order valence-electron chi connectivity index (χ4n) is 7.58. The molecule has 3 aliphatic heterocycles. The van der Waals surface area contributed by atoms with Crippen molar-refractivity contribution in [1.82, 2.24) is 4.90 Å². The van der Waals surface area contributed by atoms with E-state index in [2.05, 4.69) is 10.6 Å². The van der Waals surface area contributed by atoms with Crippen LogP contribution in [0.5, 0.6) is 0 Å². The van der Waals surface area contributed by atoms with Crippen LogP contribution in [-0.4, -0.2) is 94.5 Å². The molecular weight excluding hydrogens is 636 g/mol. The number of benzene rings is 2. The maximum absolute atomic E-state index is 14.8. The zero-order chi connectivity index (χ0) is 35.1. The second-order valence-corrected chi connectivity index (χ2v) is 17.8. The summed E-state index contributed by atoms with van der Waals surface area (Å²) in [5, 5.41) is 34.7. The second-order valence-electron chi connectivity index (χ2n) is 13.8. The molecule has 3 heterocycles. The van der Waals surface area contributed by atoms with Crippen LogP contribution in [0.25, 0.3) is 0 Å². The fourth-order valence-corrected chi connectivity index (χ4v) is 10.1. The number of nitrogens with one attached hydrogen (secondary N) is 2. The highest BCUT2D eigenvalue weighted by Gasteiger charge is 2.66. The van der Waals surface area contributed by atoms with Crippen LogP contribution < -0.4 is 15.5 Å². The van der Waals surface area contributed by atoms with Gasteiger partial charge in [0.05, 0.1) is 37.4 Å². The molecule has 4 amide bonds. The lowest BCUT2D eigenvalue weighted by Gasteiger charge is -2.33. The predicted octanol–water partition coefficient (Wildman–Crippen LogP) is 2.04. The zero-order valence-electron chi connectivity index (χ0n) is 28.0. The van der Waals surface area contributed by atoms with Gasteiger partial charge in [-0.15, -0.1) is 0 Å². The summed E-state index contributed by atoms with van der Waals surface area (Å²) in [5.74, 6) is -2.38. The molecule has 2 aromatic carbocycles. The Bertz CT molecular complexity index is 1580.